The Labute approximate surface area is 140 Å². The van der Waals surface area contributed by atoms with Gasteiger partial charge in [-0.25, -0.2) is 0 Å². The maximum atomic E-state index is 12.3. The van der Waals surface area contributed by atoms with Gasteiger partial charge in [0.25, 0.3) is 0 Å². The third kappa shape index (κ3) is 2.68. The van der Waals surface area contributed by atoms with Gasteiger partial charge in [-0.1, -0.05) is 24.6 Å². The van der Waals surface area contributed by atoms with Crippen LogP contribution >= 0.6 is 0 Å². The number of hydrogen-bond donors (Lipinski definition) is 2. The SMILES string of the molecule is Cc1c(C(=O)NNC(=O)C[C@H]2C[C@H]3CC[C@@H]2C3)oc2ccccc12. The van der Waals surface area contributed by atoms with Gasteiger partial charge in [-0.2, -0.15) is 0 Å². The fraction of sp³-hybridized carbons (Fsp3) is 0.474. The molecule has 2 aliphatic rings. The number of nitrogens with one attached hydrogen (secondary N) is 2. The van der Waals surface area contributed by atoms with Crippen molar-refractivity contribution in [3.8, 4) is 0 Å². The molecule has 5 nitrogen and oxygen atoms in total. The van der Waals surface area contributed by atoms with Gasteiger partial charge in [0.1, 0.15) is 5.58 Å². The molecule has 3 atom stereocenters. The summed E-state index contributed by atoms with van der Waals surface area (Å²) in [6.45, 7) is 1.85. The molecule has 2 saturated carbocycles. The molecule has 2 aromatic rings. The molecule has 1 aromatic heterocycles. The Morgan fingerprint density at radius 2 is 2.00 bits per heavy atom. The standard InChI is InChI=1S/C19H22N2O3/c1-11-15-4-2-3-5-16(15)24-18(11)19(23)21-20-17(22)10-14-9-12-6-7-13(14)8-12/h2-5,12-14H,6-10H2,1H3,(H,20,22)(H,21,23)/t12-,13+,14+/m0/s1. The number of amides is 2. The number of carbonyl (C=O) groups is 2. The molecular weight excluding hydrogens is 304 g/mol. The van der Waals surface area contributed by atoms with Crippen LogP contribution in [0.1, 0.15) is 48.2 Å². The number of carbonyl (C=O) groups excluding carboxylic acids is 2. The molecule has 4 rings (SSSR count). The summed E-state index contributed by atoms with van der Waals surface area (Å²) in [4.78, 5) is 24.4. The fourth-order valence-electron chi connectivity index (χ4n) is 4.49. The molecule has 0 aliphatic heterocycles. The highest BCUT2D eigenvalue weighted by Gasteiger charge is 2.40. The average Bonchev–Trinajstić information content (AvgIpc) is 3.28. The summed E-state index contributed by atoms with van der Waals surface area (Å²) in [6, 6.07) is 7.51. The molecule has 0 radical (unpaired) electrons. The van der Waals surface area contributed by atoms with E-state index in [0.717, 1.165) is 23.3 Å². The summed E-state index contributed by atoms with van der Waals surface area (Å²) in [7, 11) is 0. The predicted octanol–water partition coefficient (Wildman–Crippen LogP) is 3.33. The van der Waals surface area contributed by atoms with Crippen LogP contribution in [0.3, 0.4) is 0 Å². The molecule has 0 unspecified atom stereocenters. The first-order valence-corrected chi connectivity index (χ1v) is 8.69. The van der Waals surface area contributed by atoms with Gasteiger partial charge in [0.05, 0.1) is 0 Å². The fourth-order valence-corrected chi connectivity index (χ4v) is 4.49. The topological polar surface area (TPSA) is 71.3 Å². The predicted molar refractivity (Wildman–Crippen MR) is 90.1 cm³/mol. The number of hydrazine groups is 1. The molecule has 1 aromatic carbocycles. The van der Waals surface area contributed by atoms with Crippen LogP contribution in [0.2, 0.25) is 0 Å². The first-order chi connectivity index (χ1) is 11.6. The molecule has 1 heterocycles. The van der Waals surface area contributed by atoms with Gasteiger partial charge in [-0.3, -0.25) is 20.4 Å². The van der Waals surface area contributed by atoms with Crippen LogP contribution in [0, 0.1) is 24.7 Å². The summed E-state index contributed by atoms with van der Waals surface area (Å²) in [6.07, 6.45) is 5.52. The van der Waals surface area contributed by atoms with Crippen molar-refractivity contribution in [3.05, 3.63) is 35.6 Å². The Bertz CT molecular complexity index is 795. The first-order valence-electron chi connectivity index (χ1n) is 8.69. The molecule has 2 N–H and O–H groups in total. The van der Waals surface area contributed by atoms with Crippen LogP contribution in [0.25, 0.3) is 11.0 Å². The number of fused-ring (bicyclic) bond motifs is 3. The zero-order chi connectivity index (χ0) is 16.7. The summed E-state index contributed by atoms with van der Waals surface area (Å²) in [5.41, 5.74) is 6.48. The van der Waals surface area contributed by atoms with E-state index in [1.54, 1.807) is 0 Å². The third-order valence-electron chi connectivity index (χ3n) is 5.70. The minimum atomic E-state index is -0.412. The molecule has 126 valence electrons. The zero-order valence-electron chi connectivity index (χ0n) is 13.8. The van der Waals surface area contributed by atoms with E-state index >= 15 is 0 Å². The van der Waals surface area contributed by atoms with Crippen molar-refractivity contribution in [2.75, 3.05) is 0 Å². The lowest BCUT2D eigenvalue weighted by molar-refractivity contribution is -0.123. The van der Waals surface area contributed by atoms with Crippen LogP contribution in [0.15, 0.2) is 28.7 Å². The molecule has 2 fully saturated rings. The van der Waals surface area contributed by atoms with Gasteiger partial charge in [-0.15, -0.1) is 0 Å². The zero-order valence-corrected chi connectivity index (χ0v) is 13.8. The number of aryl methyl sites for hydroxylation is 1. The van der Waals surface area contributed by atoms with Crippen LogP contribution in [0.5, 0.6) is 0 Å². The van der Waals surface area contributed by atoms with Gasteiger partial charge < -0.3 is 4.42 Å². The maximum absolute atomic E-state index is 12.3. The number of rotatable bonds is 3. The second kappa shape index (κ2) is 5.96. The van der Waals surface area contributed by atoms with Crippen molar-refractivity contribution in [3.63, 3.8) is 0 Å². The molecule has 2 aliphatic carbocycles. The van der Waals surface area contributed by atoms with E-state index in [-0.39, 0.29) is 11.7 Å². The smallest absolute Gasteiger partial charge is 0.305 e. The van der Waals surface area contributed by atoms with Crippen molar-refractivity contribution >= 4 is 22.8 Å². The van der Waals surface area contributed by atoms with E-state index in [1.807, 2.05) is 31.2 Å². The van der Waals surface area contributed by atoms with Gasteiger partial charge in [0.2, 0.25) is 5.91 Å². The summed E-state index contributed by atoms with van der Waals surface area (Å²) in [5.74, 6) is 1.72. The largest absolute Gasteiger partial charge is 0.451 e. The minimum Gasteiger partial charge on any atom is -0.451 e. The first kappa shape index (κ1) is 15.2. The maximum Gasteiger partial charge on any atom is 0.305 e. The van der Waals surface area contributed by atoms with Crippen molar-refractivity contribution in [1.29, 1.82) is 0 Å². The Morgan fingerprint density at radius 1 is 1.17 bits per heavy atom. The third-order valence-corrected chi connectivity index (χ3v) is 5.70. The molecular formula is C19H22N2O3. The van der Waals surface area contributed by atoms with Gasteiger partial charge in [-0.05, 0) is 50.0 Å². The monoisotopic (exact) mass is 326 g/mol. The van der Waals surface area contributed by atoms with E-state index in [1.165, 1.54) is 19.3 Å². The Kier molecular flexibility index (Phi) is 3.79. The second-order valence-electron chi connectivity index (χ2n) is 7.19. The lowest BCUT2D eigenvalue weighted by atomic mass is 9.86. The molecule has 5 heteroatoms. The Hall–Kier alpha value is -2.30. The van der Waals surface area contributed by atoms with Gasteiger partial charge >= 0.3 is 5.91 Å². The van der Waals surface area contributed by atoms with Crippen molar-refractivity contribution in [1.82, 2.24) is 10.9 Å². The minimum absolute atomic E-state index is 0.116. The number of para-hydroxylation sites is 1. The quantitative estimate of drug-likeness (QED) is 0.850. The Balaban J connectivity index is 1.35. The number of hydrogen-bond acceptors (Lipinski definition) is 3. The van der Waals surface area contributed by atoms with E-state index in [0.29, 0.717) is 23.8 Å². The highest BCUT2D eigenvalue weighted by molar-refractivity contribution is 5.99. The average molecular weight is 326 g/mol. The van der Waals surface area contributed by atoms with E-state index in [9.17, 15) is 9.59 Å². The van der Waals surface area contributed by atoms with Gasteiger partial charge in [0, 0.05) is 17.4 Å². The Morgan fingerprint density at radius 3 is 2.71 bits per heavy atom. The van der Waals surface area contributed by atoms with E-state index in [4.69, 9.17) is 4.42 Å². The van der Waals surface area contributed by atoms with E-state index < -0.39 is 5.91 Å². The van der Waals surface area contributed by atoms with Crippen LogP contribution < -0.4 is 10.9 Å². The summed E-state index contributed by atoms with van der Waals surface area (Å²) >= 11 is 0. The second-order valence-corrected chi connectivity index (χ2v) is 7.19. The van der Waals surface area contributed by atoms with Crippen LogP contribution in [0.4, 0.5) is 0 Å². The number of furan rings is 1. The molecule has 2 amide bonds. The van der Waals surface area contributed by atoms with Crippen LogP contribution in [-0.2, 0) is 4.79 Å². The number of benzene rings is 1. The molecule has 24 heavy (non-hydrogen) atoms. The summed E-state index contributed by atoms with van der Waals surface area (Å²) < 4.78 is 5.60. The highest BCUT2D eigenvalue weighted by Crippen LogP contribution is 2.49. The lowest BCUT2D eigenvalue weighted by Crippen LogP contribution is -2.42. The van der Waals surface area contributed by atoms with Crippen molar-refractivity contribution in [2.45, 2.75) is 39.0 Å². The highest BCUT2D eigenvalue weighted by atomic mass is 16.3. The lowest BCUT2D eigenvalue weighted by Gasteiger charge is -2.20. The van der Waals surface area contributed by atoms with Crippen molar-refractivity contribution in [2.24, 2.45) is 17.8 Å². The van der Waals surface area contributed by atoms with E-state index in [2.05, 4.69) is 10.9 Å². The molecule has 0 saturated heterocycles. The molecule has 0 spiro atoms. The van der Waals surface area contributed by atoms with Crippen LogP contribution in [-0.4, -0.2) is 11.8 Å². The molecule has 2 bridgehead atoms. The normalized spacial score (nSPS) is 25.1. The van der Waals surface area contributed by atoms with Crippen molar-refractivity contribution < 1.29 is 14.0 Å². The summed E-state index contributed by atoms with van der Waals surface area (Å²) in [5, 5.41) is 0.913. The van der Waals surface area contributed by atoms with Gasteiger partial charge in [0.15, 0.2) is 5.76 Å².